The fourth-order valence-corrected chi connectivity index (χ4v) is 3.50. The van der Waals surface area contributed by atoms with Crippen LogP contribution in [-0.4, -0.2) is 34.1 Å². The maximum Gasteiger partial charge on any atom is 0.104 e. The summed E-state index contributed by atoms with van der Waals surface area (Å²) in [5, 5.41) is 31.0. The van der Waals surface area contributed by atoms with Crippen LogP contribution in [0.15, 0.2) is 91.0 Å². The Morgan fingerprint density at radius 3 is 1.20 bits per heavy atom. The van der Waals surface area contributed by atoms with E-state index in [1.54, 1.807) is 0 Å². The molecule has 3 aromatic rings. The van der Waals surface area contributed by atoms with Gasteiger partial charge in [0.1, 0.15) is 6.10 Å². The van der Waals surface area contributed by atoms with E-state index in [9.17, 15) is 15.3 Å². The third-order valence-electron chi connectivity index (χ3n) is 4.68. The summed E-state index contributed by atoms with van der Waals surface area (Å²) < 4.78 is 0. The Hall–Kier alpha value is -2.46. The topological polar surface area (TPSA) is 60.7 Å². The van der Waals surface area contributed by atoms with Crippen LogP contribution < -0.4 is 0 Å². The molecule has 0 aliphatic carbocycles. The first-order valence-electron chi connectivity index (χ1n) is 8.34. The van der Waals surface area contributed by atoms with Crippen molar-refractivity contribution in [3.63, 3.8) is 0 Å². The Kier molecular flexibility index (Phi) is 5.29. The number of hydrogen-bond donors (Lipinski definition) is 3. The minimum absolute atomic E-state index is 0.518. The Morgan fingerprint density at radius 2 is 0.920 bits per heavy atom. The molecule has 3 heteroatoms. The second kappa shape index (κ2) is 7.62. The molecule has 0 spiro atoms. The lowest BCUT2D eigenvalue weighted by molar-refractivity contribution is -0.0373. The molecule has 3 N–H and O–H groups in total. The van der Waals surface area contributed by atoms with Crippen molar-refractivity contribution in [1.29, 1.82) is 0 Å². The van der Waals surface area contributed by atoms with Crippen LogP contribution >= 0.6 is 0 Å². The average Bonchev–Trinajstić information content (AvgIpc) is 2.70. The Morgan fingerprint density at radius 1 is 0.600 bits per heavy atom. The highest BCUT2D eigenvalue weighted by atomic mass is 16.4. The normalized spacial score (nSPS) is 14.0. The fourth-order valence-electron chi connectivity index (χ4n) is 3.50. The van der Waals surface area contributed by atoms with Gasteiger partial charge in [-0.15, -0.1) is 0 Å². The molecule has 0 amide bonds. The van der Waals surface area contributed by atoms with Gasteiger partial charge in [-0.2, -0.15) is 0 Å². The number of aliphatic hydroxyl groups excluding tert-OH is 3. The summed E-state index contributed by atoms with van der Waals surface area (Å²) in [6.45, 7) is -0.518. The number of hydrogen-bond acceptors (Lipinski definition) is 3. The maximum absolute atomic E-state index is 11.2. The van der Waals surface area contributed by atoms with Crippen LogP contribution in [0, 0.1) is 0 Å². The van der Waals surface area contributed by atoms with Gasteiger partial charge in [0.25, 0.3) is 0 Å². The van der Waals surface area contributed by atoms with E-state index in [4.69, 9.17) is 0 Å². The van der Waals surface area contributed by atoms with E-state index in [-0.39, 0.29) is 0 Å². The molecule has 2 unspecified atom stereocenters. The summed E-state index contributed by atoms with van der Waals surface area (Å²) in [5.74, 6) is 0. The van der Waals surface area contributed by atoms with Crippen molar-refractivity contribution in [3.05, 3.63) is 108 Å². The van der Waals surface area contributed by atoms with E-state index < -0.39 is 24.2 Å². The quantitative estimate of drug-likeness (QED) is 0.608. The van der Waals surface area contributed by atoms with Gasteiger partial charge >= 0.3 is 0 Å². The van der Waals surface area contributed by atoms with Crippen LogP contribution in [0.4, 0.5) is 0 Å². The molecule has 0 bridgehead atoms. The smallest absolute Gasteiger partial charge is 0.104 e. The van der Waals surface area contributed by atoms with Crippen LogP contribution in [0.5, 0.6) is 0 Å². The molecule has 3 rings (SSSR count). The molecule has 0 saturated carbocycles. The van der Waals surface area contributed by atoms with E-state index in [2.05, 4.69) is 0 Å². The average molecular weight is 334 g/mol. The monoisotopic (exact) mass is 334 g/mol. The van der Waals surface area contributed by atoms with Crippen LogP contribution in [-0.2, 0) is 5.41 Å². The Labute approximate surface area is 147 Å². The second-order valence-corrected chi connectivity index (χ2v) is 6.10. The van der Waals surface area contributed by atoms with Crippen molar-refractivity contribution in [2.75, 3.05) is 6.61 Å². The maximum atomic E-state index is 11.2. The van der Waals surface area contributed by atoms with Crippen LogP contribution in [0.1, 0.15) is 16.7 Å². The first-order chi connectivity index (χ1) is 12.2. The molecule has 0 radical (unpaired) electrons. The highest BCUT2D eigenvalue weighted by molar-refractivity contribution is 5.52. The van der Waals surface area contributed by atoms with Crippen molar-refractivity contribution in [2.24, 2.45) is 0 Å². The highest BCUT2D eigenvalue weighted by Crippen LogP contribution is 2.43. The van der Waals surface area contributed by atoms with Crippen molar-refractivity contribution >= 4 is 0 Å². The van der Waals surface area contributed by atoms with E-state index in [0.717, 1.165) is 16.7 Å². The SMILES string of the molecule is OCC(O)C(O)C(c1ccccc1)(c1ccccc1)c1ccccc1. The van der Waals surface area contributed by atoms with Gasteiger partial charge in [-0.3, -0.25) is 0 Å². The molecular formula is C22H22O3. The molecule has 128 valence electrons. The molecule has 3 aromatic carbocycles. The molecule has 0 saturated heterocycles. The van der Waals surface area contributed by atoms with E-state index in [1.807, 2.05) is 91.0 Å². The molecule has 2 atom stereocenters. The zero-order chi connectivity index (χ0) is 17.7. The van der Waals surface area contributed by atoms with Gasteiger partial charge < -0.3 is 15.3 Å². The first-order valence-corrected chi connectivity index (χ1v) is 8.34. The highest BCUT2D eigenvalue weighted by Gasteiger charge is 2.45. The first kappa shape index (κ1) is 17.4. The van der Waals surface area contributed by atoms with E-state index in [1.165, 1.54) is 0 Å². The lowest BCUT2D eigenvalue weighted by Gasteiger charge is -2.41. The van der Waals surface area contributed by atoms with Crippen molar-refractivity contribution < 1.29 is 15.3 Å². The van der Waals surface area contributed by atoms with Crippen LogP contribution in [0.2, 0.25) is 0 Å². The van der Waals surface area contributed by atoms with Gasteiger partial charge in [0.05, 0.1) is 18.1 Å². The van der Waals surface area contributed by atoms with Gasteiger partial charge in [-0.05, 0) is 16.7 Å². The fraction of sp³-hybridized carbons (Fsp3) is 0.182. The second-order valence-electron chi connectivity index (χ2n) is 6.10. The summed E-state index contributed by atoms with van der Waals surface area (Å²) >= 11 is 0. The van der Waals surface area contributed by atoms with Crippen molar-refractivity contribution in [1.82, 2.24) is 0 Å². The number of rotatable bonds is 6. The zero-order valence-corrected chi connectivity index (χ0v) is 13.9. The molecule has 0 aromatic heterocycles. The van der Waals surface area contributed by atoms with Gasteiger partial charge in [0.2, 0.25) is 0 Å². The largest absolute Gasteiger partial charge is 0.394 e. The molecule has 0 aliphatic heterocycles. The van der Waals surface area contributed by atoms with Crippen molar-refractivity contribution in [2.45, 2.75) is 17.6 Å². The molecule has 0 heterocycles. The molecule has 0 fully saturated rings. The summed E-state index contributed by atoms with van der Waals surface area (Å²) in [6.07, 6.45) is -2.50. The molecule has 3 nitrogen and oxygen atoms in total. The molecule has 0 aliphatic rings. The predicted molar refractivity (Wildman–Crippen MR) is 98.3 cm³/mol. The zero-order valence-electron chi connectivity index (χ0n) is 13.9. The molecule has 25 heavy (non-hydrogen) atoms. The summed E-state index contributed by atoms with van der Waals surface area (Å²) in [5.41, 5.74) is 1.57. The van der Waals surface area contributed by atoms with E-state index in [0.29, 0.717) is 0 Å². The van der Waals surface area contributed by atoms with Crippen LogP contribution in [0.3, 0.4) is 0 Å². The lowest BCUT2D eigenvalue weighted by atomic mass is 9.64. The standard InChI is InChI=1S/C22H22O3/c23-16-20(24)21(25)22(17-10-4-1-5-11-17,18-12-6-2-7-13-18)19-14-8-3-9-15-19/h1-15,20-21,23-25H,16H2. The summed E-state index contributed by atoms with van der Waals surface area (Å²) in [6, 6.07) is 28.8. The molecular weight excluding hydrogens is 312 g/mol. The Balaban J connectivity index is 2.36. The summed E-state index contributed by atoms with van der Waals surface area (Å²) in [7, 11) is 0. The minimum atomic E-state index is -1.28. The third kappa shape index (κ3) is 3.10. The van der Waals surface area contributed by atoms with Gasteiger partial charge in [-0.1, -0.05) is 91.0 Å². The van der Waals surface area contributed by atoms with Crippen molar-refractivity contribution in [3.8, 4) is 0 Å². The van der Waals surface area contributed by atoms with Gasteiger partial charge in [0.15, 0.2) is 0 Å². The van der Waals surface area contributed by atoms with Gasteiger partial charge in [-0.25, -0.2) is 0 Å². The minimum Gasteiger partial charge on any atom is -0.394 e. The summed E-state index contributed by atoms with van der Waals surface area (Å²) in [4.78, 5) is 0. The van der Waals surface area contributed by atoms with Crippen LogP contribution in [0.25, 0.3) is 0 Å². The third-order valence-corrected chi connectivity index (χ3v) is 4.68. The van der Waals surface area contributed by atoms with E-state index >= 15 is 0 Å². The number of aliphatic hydroxyl groups is 3. The number of benzene rings is 3. The Bertz CT molecular complexity index is 675. The predicted octanol–water partition coefficient (Wildman–Crippen LogP) is 2.74. The lowest BCUT2D eigenvalue weighted by Crippen LogP contribution is -2.49. The van der Waals surface area contributed by atoms with Gasteiger partial charge in [0, 0.05) is 0 Å².